The molecule has 2 aromatic rings. The molecule has 0 fully saturated rings. The molecule has 4 N–H and O–H groups in total. The van der Waals surface area contributed by atoms with Crippen LogP contribution in [-0.2, 0) is 6.42 Å². The number of nitrogens with one attached hydrogen (secondary N) is 1. The highest BCUT2D eigenvalue weighted by atomic mass is 32.1. The fraction of sp³-hybridized carbons (Fsp3) is 0.154. The summed E-state index contributed by atoms with van der Waals surface area (Å²) in [4.78, 5) is 13.1. The summed E-state index contributed by atoms with van der Waals surface area (Å²) >= 11 is 1.66. The highest BCUT2D eigenvalue weighted by Crippen LogP contribution is 2.18. The van der Waals surface area contributed by atoms with E-state index >= 15 is 0 Å². The molecule has 0 spiro atoms. The average molecular weight is 262 g/mol. The Morgan fingerprint density at radius 3 is 2.94 bits per heavy atom. The molecule has 0 saturated carbocycles. The number of rotatable bonds is 4. The normalized spacial score (nSPS) is 10.2. The topological polar surface area (TPSA) is 75.3 Å². The minimum atomic E-state index is -0.264. The van der Waals surface area contributed by atoms with E-state index in [1.54, 1.807) is 11.3 Å². The summed E-state index contributed by atoms with van der Waals surface area (Å²) in [5.41, 5.74) is 6.36. The molecule has 5 heteroatoms. The van der Waals surface area contributed by atoms with Crippen molar-refractivity contribution in [3.8, 4) is 5.75 Å². The first kappa shape index (κ1) is 12.4. The van der Waals surface area contributed by atoms with Crippen molar-refractivity contribution < 1.29 is 9.90 Å². The van der Waals surface area contributed by atoms with Gasteiger partial charge in [0.2, 0.25) is 0 Å². The van der Waals surface area contributed by atoms with E-state index in [0.29, 0.717) is 17.8 Å². The second-order valence-electron chi connectivity index (χ2n) is 3.86. The Balaban J connectivity index is 1.93. The summed E-state index contributed by atoms with van der Waals surface area (Å²) in [6, 6.07) is 8.35. The number of phenols is 1. The van der Waals surface area contributed by atoms with Gasteiger partial charge in [0.1, 0.15) is 5.75 Å². The summed E-state index contributed by atoms with van der Waals surface area (Å²) in [5, 5.41) is 14.1. The maximum absolute atomic E-state index is 11.8. The number of carbonyl (C=O) groups is 1. The average Bonchev–Trinajstić information content (AvgIpc) is 2.85. The third kappa shape index (κ3) is 3.01. The minimum absolute atomic E-state index is 0.0348. The van der Waals surface area contributed by atoms with Crippen molar-refractivity contribution in [2.24, 2.45) is 0 Å². The standard InChI is InChI=1S/C13H14N2O2S/c14-12-4-3-9(16)8-11(12)13(17)15-6-5-10-2-1-7-18-10/h1-4,7-8,16H,5-6,14H2,(H,15,17). The van der Waals surface area contributed by atoms with Crippen LogP contribution in [0.25, 0.3) is 0 Å². The number of thiophene rings is 1. The van der Waals surface area contributed by atoms with Gasteiger partial charge in [-0.05, 0) is 36.1 Å². The van der Waals surface area contributed by atoms with Gasteiger partial charge >= 0.3 is 0 Å². The molecular weight excluding hydrogens is 248 g/mol. The molecule has 1 amide bonds. The summed E-state index contributed by atoms with van der Waals surface area (Å²) in [6.07, 6.45) is 0.794. The molecule has 18 heavy (non-hydrogen) atoms. The monoisotopic (exact) mass is 262 g/mol. The number of nitrogen functional groups attached to an aromatic ring is 1. The second kappa shape index (κ2) is 5.55. The van der Waals surface area contributed by atoms with Crippen molar-refractivity contribution in [3.05, 3.63) is 46.2 Å². The number of aromatic hydroxyl groups is 1. The SMILES string of the molecule is Nc1ccc(O)cc1C(=O)NCCc1cccs1. The van der Waals surface area contributed by atoms with Crippen LogP contribution >= 0.6 is 11.3 Å². The predicted molar refractivity (Wildman–Crippen MR) is 72.9 cm³/mol. The molecule has 1 aromatic heterocycles. The van der Waals surface area contributed by atoms with Crippen molar-refractivity contribution in [1.82, 2.24) is 5.32 Å². The number of carbonyl (C=O) groups excluding carboxylic acids is 1. The second-order valence-corrected chi connectivity index (χ2v) is 4.89. The van der Waals surface area contributed by atoms with E-state index in [4.69, 9.17) is 5.73 Å². The van der Waals surface area contributed by atoms with Crippen molar-refractivity contribution in [3.63, 3.8) is 0 Å². The van der Waals surface area contributed by atoms with Crippen molar-refractivity contribution in [1.29, 1.82) is 0 Å². The number of hydrogen-bond donors (Lipinski definition) is 3. The smallest absolute Gasteiger partial charge is 0.253 e. The van der Waals surface area contributed by atoms with E-state index in [2.05, 4.69) is 5.32 Å². The molecule has 0 aliphatic heterocycles. The number of anilines is 1. The zero-order valence-corrected chi connectivity index (χ0v) is 10.5. The molecule has 0 aliphatic carbocycles. The Morgan fingerprint density at radius 2 is 2.22 bits per heavy atom. The van der Waals surface area contributed by atoms with Crippen molar-refractivity contribution in [2.75, 3.05) is 12.3 Å². The molecule has 0 unspecified atom stereocenters. The van der Waals surface area contributed by atoms with E-state index in [-0.39, 0.29) is 11.7 Å². The lowest BCUT2D eigenvalue weighted by atomic mass is 10.1. The lowest BCUT2D eigenvalue weighted by Gasteiger charge is -2.07. The predicted octanol–water partition coefficient (Wildman–Crippen LogP) is 2.01. The van der Waals surface area contributed by atoms with Gasteiger partial charge in [-0.3, -0.25) is 4.79 Å². The first-order chi connectivity index (χ1) is 8.66. The zero-order chi connectivity index (χ0) is 13.0. The Hall–Kier alpha value is -2.01. The Morgan fingerprint density at radius 1 is 1.39 bits per heavy atom. The third-order valence-electron chi connectivity index (χ3n) is 2.52. The van der Waals surface area contributed by atoms with Gasteiger partial charge in [0, 0.05) is 17.1 Å². The lowest BCUT2D eigenvalue weighted by molar-refractivity contribution is 0.0954. The third-order valence-corrected chi connectivity index (χ3v) is 3.45. The van der Waals surface area contributed by atoms with Crippen LogP contribution < -0.4 is 11.1 Å². The van der Waals surface area contributed by atoms with Crippen molar-refractivity contribution in [2.45, 2.75) is 6.42 Å². The maximum Gasteiger partial charge on any atom is 0.253 e. The first-order valence-corrected chi connectivity index (χ1v) is 6.44. The van der Waals surface area contributed by atoms with Crippen molar-refractivity contribution >= 4 is 22.9 Å². The number of phenolic OH excluding ortho intramolecular Hbond substituents is 1. The van der Waals surface area contributed by atoms with Gasteiger partial charge in [0.05, 0.1) is 5.56 Å². The maximum atomic E-state index is 11.8. The van der Waals surface area contributed by atoms with E-state index in [0.717, 1.165) is 6.42 Å². The highest BCUT2D eigenvalue weighted by Gasteiger charge is 2.09. The molecule has 0 saturated heterocycles. The molecule has 0 radical (unpaired) electrons. The summed E-state index contributed by atoms with van der Waals surface area (Å²) in [5.74, 6) is -0.229. The largest absolute Gasteiger partial charge is 0.508 e. The van der Waals surface area contributed by atoms with Gasteiger partial charge in [-0.1, -0.05) is 6.07 Å². The van der Waals surface area contributed by atoms with E-state index < -0.39 is 0 Å². The van der Waals surface area contributed by atoms with Crippen LogP contribution in [-0.4, -0.2) is 17.6 Å². The number of nitrogens with two attached hydrogens (primary N) is 1. The quantitative estimate of drug-likeness (QED) is 0.583. The van der Waals surface area contributed by atoms with E-state index in [1.165, 1.54) is 23.1 Å². The molecule has 1 heterocycles. The van der Waals surface area contributed by atoms with Crippen LogP contribution in [0.3, 0.4) is 0 Å². The van der Waals surface area contributed by atoms with Gasteiger partial charge in [0.15, 0.2) is 0 Å². The first-order valence-electron chi connectivity index (χ1n) is 5.56. The Kier molecular flexibility index (Phi) is 3.84. The fourth-order valence-corrected chi connectivity index (χ4v) is 2.30. The fourth-order valence-electron chi connectivity index (χ4n) is 1.59. The number of amides is 1. The summed E-state index contributed by atoms with van der Waals surface area (Å²) < 4.78 is 0. The Labute approximate surface area is 109 Å². The molecule has 4 nitrogen and oxygen atoms in total. The molecular formula is C13H14N2O2S. The van der Waals surface area contributed by atoms with Crippen LogP contribution in [0.4, 0.5) is 5.69 Å². The molecule has 94 valence electrons. The molecule has 2 rings (SSSR count). The van der Waals surface area contributed by atoms with Gasteiger partial charge < -0.3 is 16.2 Å². The zero-order valence-electron chi connectivity index (χ0n) is 9.72. The Bertz CT molecular complexity index is 538. The molecule has 1 aromatic carbocycles. The van der Waals surface area contributed by atoms with E-state index in [9.17, 15) is 9.90 Å². The van der Waals surface area contributed by atoms with E-state index in [1.807, 2.05) is 17.5 Å². The summed E-state index contributed by atoms with van der Waals surface area (Å²) in [7, 11) is 0. The molecule has 0 atom stereocenters. The van der Waals surface area contributed by atoms with Crippen LogP contribution in [0.2, 0.25) is 0 Å². The molecule has 0 bridgehead atoms. The number of benzene rings is 1. The van der Waals surface area contributed by atoms with Gasteiger partial charge in [0.25, 0.3) is 5.91 Å². The van der Waals surface area contributed by atoms with Crippen LogP contribution in [0.1, 0.15) is 15.2 Å². The minimum Gasteiger partial charge on any atom is -0.508 e. The number of hydrogen-bond acceptors (Lipinski definition) is 4. The van der Waals surface area contributed by atoms with Crippen LogP contribution in [0.5, 0.6) is 5.75 Å². The lowest BCUT2D eigenvalue weighted by Crippen LogP contribution is -2.26. The molecule has 0 aliphatic rings. The van der Waals surface area contributed by atoms with Gasteiger partial charge in [-0.2, -0.15) is 0 Å². The highest BCUT2D eigenvalue weighted by molar-refractivity contribution is 7.09. The summed E-state index contributed by atoms with van der Waals surface area (Å²) in [6.45, 7) is 0.550. The van der Waals surface area contributed by atoms with Crippen LogP contribution in [0, 0.1) is 0 Å². The van der Waals surface area contributed by atoms with Gasteiger partial charge in [-0.25, -0.2) is 0 Å². The van der Waals surface area contributed by atoms with Crippen LogP contribution in [0.15, 0.2) is 35.7 Å². The van der Waals surface area contributed by atoms with Gasteiger partial charge in [-0.15, -0.1) is 11.3 Å².